The molecular formula is C35H42N6O6S2. The van der Waals surface area contributed by atoms with Crippen LogP contribution in [0.2, 0.25) is 0 Å². The van der Waals surface area contributed by atoms with Gasteiger partial charge >= 0.3 is 0 Å². The summed E-state index contributed by atoms with van der Waals surface area (Å²) in [6, 6.07) is 18.9. The van der Waals surface area contributed by atoms with Crippen LogP contribution in [0.5, 0.6) is 5.75 Å². The number of hydrogen-bond acceptors (Lipinski definition) is 9. The van der Waals surface area contributed by atoms with Crippen LogP contribution < -0.4 is 32.7 Å². The first kappa shape index (κ1) is 37.3. The summed E-state index contributed by atoms with van der Waals surface area (Å²) in [4.78, 5) is 67.6. The van der Waals surface area contributed by atoms with Gasteiger partial charge in [0, 0.05) is 23.3 Å². The summed E-state index contributed by atoms with van der Waals surface area (Å²) in [5.74, 6) is -3.10. The number of primary amides is 1. The number of carbonyl (C=O) groups is 5. The van der Waals surface area contributed by atoms with Crippen molar-refractivity contribution in [1.82, 2.24) is 21.3 Å². The Balaban J connectivity index is 1.65. The second-order valence-electron chi connectivity index (χ2n) is 12.4. The molecule has 12 nitrogen and oxygen atoms in total. The maximum absolute atomic E-state index is 14.0. The Bertz CT molecular complexity index is 1610. The Morgan fingerprint density at radius 1 is 0.816 bits per heavy atom. The number of amides is 5. The smallest absolute Gasteiger partial charge is 0.244 e. The molecule has 49 heavy (non-hydrogen) atoms. The Kier molecular flexibility index (Phi) is 13.1. The number of nitrogens with two attached hydrogens (primary N) is 2. The minimum Gasteiger partial charge on any atom is -0.508 e. The SMILES string of the molecule is CC1(C)SSC[C@@H](NC(=O)[C@@H](N)Cc2ccc(O)cc2)C(=O)N[C@@H](Cc2ccccc2)C(=O)N[C@@H](Cc2ccccc2)C(=O)N[C@H]1C(N)=O. The molecule has 0 saturated carbocycles. The summed E-state index contributed by atoms with van der Waals surface area (Å²) >= 11 is 0. The van der Waals surface area contributed by atoms with Gasteiger partial charge in [-0.3, -0.25) is 24.0 Å². The maximum atomic E-state index is 14.0. The van der Waals surface area contributed by atoms with Crippen LogP contribution in [-0.4, -0.2) is 75.4 Å². The number of phenols is 1. The van der Waals surface area contributed by atoms with Crippen molar-refractivity contribution in [3.63, 3.8) is 0 Å². The Morgan fingerprint density at radius 2 is 1.33 bits per heavy atom. The zero-order valence-corrected chi connectivity index (χ0v) is 28.9. The standard InChI is InChI=1S/C35H42N6O6S2/c1-35(2)29(30(37)43)41-33(46)27(19-22-11-7-4-8-12-22)38-32(45)26(18-21-9-5-3-6-10-21)39-34(47)28(20-48-49-35)40-31(44)25(36)17-23-13-15-24(42)16-14-23/h3-16,25-29,42H,17-20,36H2,1-2H3,(H2,37,43)(H,38,45)(H,39,47)(H,40,44)(H,41,46)/t25-,26-,27-,28+,29-/m0/s1. The van der Waals surface area contributed by atoms with Crippen molar-refractivity contribution in [1.29, 1.82) is 0 Å². The van der Waals surface area contributed by atoms with Gasteiger partial charge in [0.25, 0.3) is 0 Å². The lowest BCUT2D eigenvalue weighted by molar-refractivity contribution is -0.134. The van der Waals surface area contributed by atoms with Crippen molar-refractivity contribution in [3.8, 4) is 5.75 Å². The van der Waals surface area contributed by atoms with Crippen LogP contribution in [0.1, 0.15) is 30.5 Å². The normalized spacial score (nSPS) is 22.4. The van der Waals surface area contributed by atoms with Gasteiger partial charge in [0.2, 0.25) is 29.5 Å². The highest BCUT2D eigenvalue weighted by molar-refractivity contribution is 8.77. The number of nitrogens with one attached hydrogen (secondary N) is 4. The molecule has 9 N–H and O–H groups in total. The van der Waals surface area contributed by atoms with Gasteiger partial charge in [0.15, 0.2) is 0 Å². The lowest BCUT2D eigenvalue weighted by Crippen LogP contribution is -2.62. The fourth-order valence-electron chi connectivity index (χ4n) is 5.24. The van der Waals surface area contributed by atoms with E-state index < -0.39 is 64.5 Å². The van der Waals surface area contributed by atoms with Gasteiger partial charge in [0.05, 0.1) is 6.04 Å². The first-order valence-corrected chi connectivity index (χ1v) is 18.1. The molecule has 1 saturated heterocycles. The number of benzene rings is 3. The predicted octanol–water partition coefficient (Wildman–Crippen LogP) is 1.35. The summed E-state index contributed by atoms with van der Waals surface area (Å²) in [6.45, 7) is 3.46. The van der Waals surface area contributed by atoms with Crippen LogP contribution >= 0.6 is 21.6 Å². The topological polar surface area (TPSA) is 206 Å². The van der Waals surface area contributed by atoms with E-state index in [9.17, 15) is 29.1 Å². The molecule has 0 radical (unpaired) electrons. The second kappa shape index (κ2) is 17.2. The molecule has 0 unspecified atom stereocenters. The Hall–Kier alpha value is -4.53. The molecule has 4 rings (SSSR count). The minimum absolute atomic E-state index is 0.0351. The van der Waals surface area contributed by atoms with Crippen molar-refractivity contribution >= 4 is 51.1 Å². The van der Waals surface area contributed by atoms with E-state index in [1.165, 1.54) is 33.7 Å². The molecule has 0 spiro atoms. The lowest BCUT2D eigenvalue weighted by Gasteiger charge is -2.34. The zero-order valence-electron chi connectivity index (χ0n) is 27.3. The summed E-state index contributed by atoms with van der Waals surface area (Å²) in [6.07, 6.45) is 0.352. The summed E-state index contributed by atoms with van der Waals surface area (Å²) in [5.41, 5.74) is 14.2. The van der Waals surface area contributed by atoms with Gasteiger partial charge in [-0.15, -0.1) is 0 Å². The Labute approximate surface area is 293 Å². The molecule has 5 atom stereocenters. The Morgan fingerprint density at radius 3 is 1.86 bits per heavy atom. The van der Waals surface area contributed by atoms with Crippen LogP contribution in [0.15, 0.2) is 84.9 Å². The molecule has 260 valence electrons. The molecule has 0 aliphatic carbocycles. The van der Waals surface area contributed by atoms with Gasteiger partial charge in [-0.1, -0.05) is 94.4 Å². The third-order valence-corrected chi connectivity index (χ3v) is 11.3. The fourth-order valence-corrected chi connectivity index (χ4v) is 8.06. The van der Waals surface area contributed by atoms with Gasteiger partial charge in [-0.05, 0) is 49.1 Å². The van der Waals surface area contributed by atoms with Crippen molar-refractivity contribution in [2.24, 2.45) is 11.5 Å². The van der Waals surface area contributed by atoms with E-state index in [4.69, 9.17) is 11.5 Å². The molecule has 1 aliphatic rings. The molecular weight excluding hydrogens is 665 g/mol. The first-order chi connectivity index (χ1) is 23.3. The summed E-state index contributed by atoms with van der Waals surface area (Å²) in [5, 5.41) is 20.7. The summed E-state index contributed by atoms with van der Waals surface area (Å²) in [7, 11) is 2.43. The van der Waals surface area contributed by atoms with E-state index in [1.54, 1.807) is 26.0 Å². The molecule has 3 aromatic carbocycles. The van der Waals surface area contributed by atoms with Gasteiger partial charge in [-0.25, -0.2) is 0 Å². The van der Waals surface area contributed by atoms with E-state index in [0.717, 1.165) is 11.1 Å². The molecule has 14 heteroatoms. The molecule has 1 fully saturated rings. The molecule has 3 aromatic rings. The highest BCUT2D eigenvalue weighted by Crippen LogP contribution is 2.38. The monoisotopic (exact) mass is 706 g/mol. The second-order valence-corrected chi connectivity index (χ2v) is 15.4. The van der Waals surface area contributed by atoms with Crippen molar-refractivity contribution in [3.05, 3.63) is 102 Å². The van der Waals surface area contributed by atoms with Crippen LogP contribution in [0.4, 0.5) is 0 Å². The van der Waals surface area contributed by atoms with E-state index in [-0.39, 0.29) is 30.8 Å². The summed E-state index contributed by atoms with van der Waals surface area (Å²) < 4.78 is -0.965. The van der Waals surface area contributed by atoms with E-state index in [2.05, 4.69) is 21.3 Å². The number of hydrogen-bond donors (Lipinski definition) is 7. The largest absolute Gasteiger partial charge is 0.508 e. The highest BCUT2D eigenvalue weighted by atomic mass is 33.1. The van der Waals surface area contributed by atoms with E-state index in [1.807, 2.05) is 60.7 Å². The molecule has 5 amide bonds. The first-order valence-electron chi connectivity index (χ1n) is 15.7. The molecule has 1 heterocycles. The number of aromatic hydroxyl groups is 1. The third kappa shape index (κ3) is 11.0. The number of carbonyl (C=O) groups excluding carboxylic acids is 5. The molecule has 1 aliphatic heterocycles. The minimum atomic E-state index is -1.14. The van der Waals surface area contributed by atoms with Gasteiger partial charge in [-0.2, -0.15) is 0 Å². The number of phenolic OH excluding ortho intramolecular Hbond substituents is 1. The highest BCUT2D eigenvalue weighted by Gasteiger charge is 2.39. The van der Waals surface area contributed by atoms with Crippen LogP contribution in [0.3, 0.4) is 0 Å². The van der Waals surface area contributed by atoms with Crippen LogP contribution in [0.25, 0.3) is 0 Å². The number of rotatable bonds is 9. The van der Waals surface area contributed by atoms with E-state index in [0.29, 0.717) is 5.56 Å². The van der Waals surface area contributed by atoms with Crippen LogP contribution in [0, 0.1) is 0 Å². The van der Waals surface area contributed by atoms with Gasteiger partial charge < -0.3 is 37.8 Å². The third-order valence-electron chi connectivity index (χ3n) is 7.97. The van der Waals surface area contributed by atoms with E-state index >= 15 is 0 Å². The average Bonchev–Trinajstić information content (AvgIpc) is 3.07. The van der Waals surface area contributed by atoms with Crippen LogP contribution in [-0.2, 0) is 43.2 Å². The molecule has 0 bridgehead atoms. The van der Waals surface area contributed by atoms with Crippen molar-refractivity contribution < 1.29 is 29.1 Å². The average molecular weight is 707 g/mol. The maximum Gasteiger partial charge on any atom is 0.244 e. The quantitative estimate of drug-likeness (QED) is 0.160. The van der Waals surface area contributed by atoms with Gasteiger partial charge in [0.1, 0.15) is 29.9 Å². The lowest BCUT2D eigenvalue weighted by atomic mass is 9.99. The van der Waals surface area contributed by atoms with Crippen molar-refractivity contribution in [2.75, 3.05) is 5.75 Å². The predicted molar refractivity (Wildman–Crippen MR) is 191 cm³/mol. The fraction of sp³-hybridized carbons (Fsp3) is 0.343. The zero-order chi connectivity index (χ0) is 35.6. The van der Waals surface area contributed by atoms with Crippen molar-refractivity contribution in [2.45, 2.75) is 68.1 Å². The molecule has 0 aromatic heterocycles.